The molecule has 0 radical (unpaired) electrons. The smallest absolute Gasteiger partial charge is 0.242 e. The predicted molar refractivity (Wildman–Crippen MR) is 51.5 cm³/mol. The topological polar surface area (TPSA) is 68.0 Å². The maximum atomic E-state index is 11.1. The number of hydrogen-bond acceptors (Lipinski definition) is 3. The summed E-state index contributed by atoms with van der Waals surface area (Å²) in [5.74, 6) is 0.0343. The summed E-state index contributed by atoms with van der Waals surface area (Å²) in [6.07, 6.45) is 1.54. The third-order valence-corrected chi connectivity index (χ3v) is 1.72. The molecule has 1 aromatic rings. The Kier molecular flexibility index (Phi) is 3.22. The van der Waals surface area contributed by atoms with Gasteiger partial charge in [-0.05, 0) is 19.1 Å². The highest BCUT2D eigenvalue weighted by atomic mass is 35.5. The Hall–Kier alpha value is -1.13. The third-order valence-electron chi connectivity index (χ3n) is 1.41. The van der Waals surface area contributed by atoms with Crippen molar-refractivity contribution < 1.29 is 4.79 Å². The molecule has 0 aromatic carbocycles. The minimum atomic E-state index is -0.571. The van der Waals surface area contributed by atoms with E-state index in [0.29, 0.717) is 10.8 Å². The lowest BCUT2D eigenvalue weighted by atomic mass is 10.3. The molecule has 0 unspecified atom stereocenters. The first-order valence-corrected chi connectivity index (χ1v) is 4.16. The van der Waals surface area contributed by atoms with Gasteiger partial charge in [-0.3, -0.25) is 4.79 Å². The van der Waals surface area contributed by atoms with Gasteiger partial charge in [0, 0.05) is 6.20 Å². The van der Waals surface area contributed by atoms with Gasteiger partial charge in [-0.25, -0.2) is 4.98 Å². The largest absolute Gasteiger partial charge is 0.320 e. The maximum Gasteiger partial charge on any atom is 0.242 e. The van der Waals surface area contributed by atoms with Crippen molar-refractivity contribution in [3.8, 4) is 0 Å². The van der Waals surface area contributed by atoms with Crippen molar-refractivity contribution in [2.24, 2.45) is 5.73 Å². The van der Waals surface area contributed by atoms with Crippen LogP contribution in [0, 0.1) is 0 Å². The molecular formula is C8H10ClN3O. The van der Waals surface area contributed by atoms with E-state index in [4.69, 9.17) is 17.3 Å². The van der Waals surface area contributed by atoms with Crippen LogP contribution < -0.4 is 11.1 Å². The van der Waals surface area contributed by atoms with Crippen molar-refractivity contribution >= 4 is 23.3 Å². The van der Waals surface area contributed by atoms with E-state index in [2.05, 4.69) is 10.3 Å². The third kappa shape index (κ3) is 2.68. The van der Waals surface area contributed by atoms with Crippen LogP contribution in [0.25, 0.3) is 0 Å². The Labute approximate surface area is 81.1 Å². The normalized spacial score (nSPS) is 12.2. The van der Waals surface area contributed by atoms with Crippen LogP contribution in [0.1, 0.15) is 6.92 Å². The summed E-state index contributed by atoms with van der Waals surface area (Å²) in [6, 6.07) is 2.76. The highest BCUT2D eigenvalue weighted by molar-refractivity contribution is 6.33. The molecule has 1 atom stereocenters. The number of pyridine rings is 1. The minimum absolute atomic E-state index is 0.305. The first-order valence-electron chi connectivity index (χ1n) is 3.78. The van der Waals surface area contributed by atoms with Gasteiger partial charge in [-0.1, -0.05) is 11.6 Å². The molecule has 0 aliphatic carbocycles. The Bertz CT molecular complexity index is 314. The number of amides is 1. The molecule has 0 fully saturated rings. The molecule has 1 rings (SSSR count). The maximum absolute atomic E-state index is 11.1. The number of hydrogen-bond donors (Lipinski definition) is 2. The number of aromatic nitrogens is 1. The summed E-state index contributed by atoms with van der Waals surface area (Å²) in [5, 5.41) is 2.90. The lowest BCUT2D eigenvalue weighted by molar-refractivity contribution is -0.117. The van der Waals surface area contributed by atoms with Crippen LogP contribution in [0.5, 0.6) is 0 Å². The Balaban J connectivity index is 2.75. The monoisotopic (exact) mass is 199 g/mol. The zero-order chi connectivity index (χ0) is 9.84. The second-order valence-corrected chi connectivity index (χ2v) is 3.02. The minimum Gasteiger partial charge on any atom is -0.320 e. The van der Waals surface area contributed by atoms with Gasteiger partial charge in [-0.2, -0.15) is 0 Å². The fourth-order valence-electron chi connectivity index (χ4n) is 0.708. The fraction of sp³-hybridized carbons (Fsp3) is 0.250. The van der Waals surface area contributed by atoms with Gasteiger partial charge in [0.05, 0.1) is 11.1 Å². The van der Waals surface area contributed by atoms with Crippen LogP contribution in [0.15, 0.2) is 18.3 Å². The quantitative estimate of drug-likeness (QED) is 0.748. The van der Waals surface area contributed by atoms with E-state index in [9.17, 15) is 4.79 Å². The van der Waals surface area contributed by atoms with Crippen LogP contribution in [-0.2, 0) is 4.79 Å². The van der Waals surface area contributed by atoms with Gasteiger partial charge >= 0.3 is 0 Å². The summed E-state index contributed by atoms with van der Waals surface area (Å²) in [4.78, 5) is 15.0. The number of nitrogens with one attached hydrogen (secondary N) is 1. The molecule has 3 N–H and O–H groups in total. The molecule has 5 heteroatoms. The molecule has 4 nitrogen and oxygen atoms in total. The van der Waals surface area contributed by atoms with E-state index >= 15 is 0 Å². The van der Waals surface area contributed by atoms with Crippen LogP contribution >= 0.6 is 11.6 Å². The second kappa shape index (κ2) is 4.20. The van der Waals surface area contributed by atoms with E-state index in [1.165, 1.54) is 0 Å². The highest BCUT2D eigenvalue weighted by Crippen LogP contribution is 2.16. The molecule has 13 heavy (non-hydrogen) atoms. The molecule has 70 valence electrons. The van der Waals surface area contributed by atoms with E-state index in [1.807, 2.05) is 0 Å². The number of nitrogens with zero attached hydrogens (tertiary/aromatic N) is 1. The molecule has 0 saturated carbocycles. The van der Waals surface area contributed by atoms with Crippen molar-refractivity contribution in [2.45, 2.75) is 13.0 Å². The van der Waals surface area contributed by atoms with Gasteiger partial charge in [0.2, 0.25) is 5.91 Å². The van der Waals surface area contributed by atoms with Gasteiger partial charge in [0.25, 0.3) is 0 Å². The summed E-state index contributed by atoms with van der Waals surface area (Å²) in [7, 11) is 0. The molecule has 0 bridgehead atoms. The molecule has 0 aliphatic heterocycles. The summed E-state index contributed by atoms with van der Waals surface area (Å²) in [6.45, 7) is 1.59. The van der Waals surface area contributed by atoms with Crippen molar-refractivity contribution in [1.82, 2.24) is 4.98 Å². The first-order chi connectivity index (χ1) is 6.11. The molecule has 1 heterocycles. The zero-order valence-corrected chi connectivity index (χ0v) is 7.88. The lowest BCUT2D eigenvalue weighted by Crippen LogP contribution is -2.32. The number of carbonyl (C=O) groups is 1. The standard InChI is InChI=1S/C8H10ClN3O/c1-5(10)8(13)12-7-6(9)3-2-4-11-7/h2-5H,10H2,1H3,(H,11,12,13)/t5-/m1/s1. The summed E-state index contributed by atoms with van der Waals surface area (Å²) in [5.41, 5.74) is 5.35. The van der Waals surface area contributed by atoms with Gasteiger partial charge in [0.15, 0.2) is 5.82 Å². The Morgan fingerprint density at radius 1 is 1.77 bits per heavy atom. The molecular weight excluding hydrogens is 190 g/mol. The van der Waals surface area contributed by atoms with Crippen molar-refractivity contribution in [2.75, 3.05) is 5.32 Å². The number of carbonyl (C=O) groups excluding carboxylic acids is 1. The average molecular weight is 200 g/mol. The van der Waals surface area contributed by atoms with Crippen molar-refractivity contribution in [3.63, 3.8) is 0 Å². The van der Waals surface area contributed by atoms with Gasteiger partial charge < -0.3 is 11.1 Å². The first kappa shape index (κ1) is 9.95. The Morgan fingerprint density at radius 3 is 3.00 bits per heavy atom. The molecule has 1 amide bonds. The molecule has 0 spiro atoms. The average Bonchev–Trinajstić information content (AvgIpc) is 2.08. The van der Waals surface area contributed by atoms with E-state index < -0.39 is 6.04 Å². The summed E-state index contributed by atoms with van der Waals surface area (Å²) >= 11 is 5.75. The van der Waals surface area contributed by atoms with Gasteiger partial charge in [-0.15, -0.1) is 0 Å². The number of nitrogens with two attached hydrogens (primary N) is 1. The van der Waals surface area contributed by atoms with E-state index in [0.717, 1.165) is 0 Å². The van der Waals surface area contributed by atoms with Crippen LogP contribution in [0.2, 0.25) is 5.02 Å². The fourth-order valence-corrected chi connectivity index (χ4v) is 0.877. The van der Waals surface area contributed by atoms with Crippen LogP contribution in [0.3, 0.4) is 0 Å². The second-order valence-electron chi connectivity index (χ2n) is 2.61. The van der Waals surface area contributed by atoms with Crippen LogP contribution in [0.4, 0.5) is 5.82 Å². The van der Waals surface area contributed by atoms with E-state index in [1.54, 1.807) is 25.3 Å². The van der Waals surface area contributed by atoms with Crippen molar-refractivity contribution in [1.29, 1.82) is 0 Å². The molecule has 1 aromatic heterocycles. The zero-order valence-electron chi connectivity index (χ0n) is 7.12. The summed E-state index contributed by atoms with van der Waals surface area (Å²) < 4.78 is 0. The van der Waals surface area contributed by atoms with Crippen LogP contribution in [-0.4, -0.2) is 16.9 Å². The lowest BCUT2D eigenvalue weighted by Gasteiger charge is -2.07. The predicted octanol–water partition coefficient (Wildman–Crippen LogP) is 1.02. The number of halogens is 1. The van der Waals surface area contributed by atoms with Crippen molar-refractivity contribution in [3.05, 3.63) is 23.4 Å². The van der Waals surface area contributed by atoms with Gasteiger partial charge in [0.1, 0.15) is 0 Å². The number of anilines is 1. The number of rotatable bonds is 2. The molecule has 0 aliphatic rings. The van der Waals surface area contributed by atoms with E-state index in [-0.39, 0.29) is 5.91 Å². The molecule has 0 saturated heterocycles. The Morgan fingerprint density at radius 2 is 2.46 bits per heavy atom. The SMILES string of the molecule is C[C@@H](N)C(=O)Nc1ncccc1Cl. The highest BCUT2D eigenvalue weighted by Gasteiger charge is 2.09.